The van der Waals surface area contributed by atoms with Gasteiger partial charge in [-0.15, -0.1) is 0 Å². The molecular weight excluding hydrogens is 238 g/mol. The Hall–Kier alpha value is -1.63. The lowest BCUT2D eigenvalue weighted by Crippen LogP contribution is -2.46. The van der Waals surface area contributed by atoms with E-state index in [1.165, 1.54) is 7.11 Å². The van der Waals surface area contributed by atoms with Crippen LogP contribution in [0.5, 0.6) is 0 Å². The molecule has 0 bridgehead atoms. The number of hydrogen-bond donors (Lipinski definition) is 3. The predicted octanol–water partition coefficient (Wildman–Crippen LogP) is -1.23. The molecule has 4 N–H and O–H groups in total. The van der Waals surface area contributed by atoms with Crippen LogP contribution in [-0.2, 0) is 19.1 Å². The van der Waals surface area contributed by atoms with Gasteiger partial charge in [0, 0.05) is 0 Å². The summed E-state index contributed by atoms with van der Waals surface area (Å²) in [5.41, 5.74) is 5.63. The Labute approximate surface area is 106 Å². The summed E-state index contributed by atoms with van der Waals surface area (Å²) >= 11 is 0. The molecule has 0 radical (unpaired) electrons. The first-order valence-electron chi connectivity index (χ1n) is 5.73. The third-order valence-corrected chi connectivity index (χ3v) is 2.14. The molecule has 18 heavy (non-hydrogen) atoms. The lowest BCUT2D eigenvalue weighted by atomic mass is 10.0. The summed E-state index contributed by atoms with van der Waals surface area (Å²) in [4.78, 5) is 33.4. The van der Waals surface area contributed by atoms with Gasteiger partial charge in [-0.05, 0) is 12.3 Å². The van der Waals surface area contributed by atoms with E-state index in [-0.39, 0.29) is 19.0 Å². The maximum Gasteiger partial charge on any atom is 0.325 e. The third kappa shape index (κ3) is 7.61. The van der Waals surface area contributed by atoms with E-state index >= 15 is 0 Å². The number of nitrogens with two attached hydrogens (primary N) is 1. The predicted molar refractivity (Wildman–Crippen MR) is 65.5 cm³/mol. The average Bonchev–Trinajstić information content (AvgIpc) is 2.31. The van der Waals surface area contributed by atoms with Crippen molar-refractivity contribution in [1.82, 2.24) is 10.6 Å². The standard InChI is InChI=1S/C11H21N3O4/c1-7(2)4-8(12)11(17)14-5-9(15)13-6-10(16)18-3/h7-8H,4-6,12H2,1-3H3,(H,13,15)(H,14,17)/t8-/m0/s1. The molecule has 0 spiro atoms. The van der Waals surface area contributed by atoms with Crippen LogP contribution in [0.4, 0.5) is 0 Å². The van der Waals surface area contributed by atoms with E-state index in [0.29, 0.717) is 12.3 Å². The molecule has 0 aliphatic rings. The number of ether oxygens (including phenoxy) is 1. The fourth-order valence-electron chi connectivity index (χ4n) is 1.22. The van der Waals surface area contributed by atoms with Crippen molar-refractivity contribution < 1.29 is 19.1 Å². The summed E-state index contributed by atoms with van der Waals surface area (Å²) in [5, 5.41) is 4.70. The van der Waals surface area contributed by atoms with Crippen molar-refractivity contribution in [2.24, 2.45) is 11.7 Å². The maximum atomic E-state index is 11.5. The highest BCUT2D eigenvalue weighted by molar-refractivity contribution is 5.88. The fraction of sp³-hybridized carbons (Fsp3) is 0.727. The van der Waals surface area contributed by atoms with Crippen molar-refractivity contribution in [2.45, 2.75) is 26.3 Å². The van der Waals surface area contributed by atoms with Crippen molar-refractivity contribution >= 4 is 17.8 Å². The Kier molecular flexibility index (Phi) is 7.69. The number of carbonyl (C=O) groups is 3. The molecule has 0 fully saturated rings. The molecule has 0 aromatic carbocycles. The van der Waals surface area contributed by atoms with Gasteiger partial charge in [0.25, 0.3) is 0 Å². The van der Waals surface area contributed by atoms with Gasteiger partial charge in [0.05, 0.1) is 19.7 Å². The van der Waals surface area contributed by atoms with Gasteiger partial charge in [0.15, 0.2) is 0 Å². The smallest absolute Gasteiger partial charge is 0.325 e. The van der Waals surface area contributed by atoms with Crippen LogP contribution in [0.2, 0.25) is 0 Å². The van der Waals surface area contributed by atoms with Gasteiger partial charge in [-0.25, -0.2) is 0 Å². The van der Waals surface area contributed by atoms with Crippen LogP contribution in [0.25, 0.3) is 0 Å². The number of esters is 1. The molecule has 0 saturated heterocycles. The highest BCUT2D eigenvalue weighted by atomic mass is 16.5. The molecule has 1 atom stereocenters. The van der Waals surface area contributed by atoms with E-state index in [1.807, 2.05) is 13.8 Å². The average molecular weight is 259 g/mol. The number of amides is 2. The molecule has 0 heterocycles. The number of nitrogens with one attached hydrogen (secondary N) is 2. The van der Waals surface area contributed by atoms with Gasteiger partial charge in [-0.2, -0.15) is 0 Å². The van der Waals surface area contributed by atoms with Crippen LogP contribution < -0.4 is 16.4 Å². The number of methoxy groups -OCH3 is 1. The molecule has 0 aromatic rings. The van der Waals surface area contributed by atoms with E-state index in [4.69, 9.17) is 5.73 Å². The molecular formula is C11H21N3O4. The molecule has 0 aliphatic heterocycles. The zero-order valence-electron chi connectivity index (χ0n) is 11.0. The number of hydrogen-bond acceptors (Lipinski definition) is 5. The first-order valence-corrected chi connectivity index (χ1v) is 5.73. The largest absolute Gasteiger partial charge is 0.468 e. The minimum atomic E-state index is -0.626. The Morgan fingerprint density at radius 2 is 1.78 bits per heavy atom. The van der Waals surface area contributed by atoms with E-state index < -0.39 is 17.9 Å². The molecule has 7 nitrogen and oxygen atoms in total. The summed E-state index contributed by atoms with van der Waals surface area (Å²) in [5.74, 6) is -1.09. The van der Waals surface area contributed by atoms with Gasteiger partial charge >= 0.3 is 5.97 Å². The molecule has 7 heteroatoms. The minimum absolute atomic E-state index is 0.207. The SMILES string of the molecule is COC(=O)CNC(=O)CNC(=O)[C@@H](N)CC(C)C. The highest BCUT2D eigenvalue weighted by Crippen LogP contribution is 2.02. The molecule has 0 aliphatic carbocycles. The maximum absolute atomic E-state index is 11.5. The molecule has 104 valence electrons. The van der Waals surface area contributed by atoms with Gasteiger partial charge in [0.1, 0.15) is 6.54 Å². The zero-order chi connectivity index (χ0) is 14.1. The quantitative estimate of drug-likeness (QED) is 0.496. The fourth-order valence-corrected chi connectivity index (χ4v) is 1.22. The van der Waals surface area contributed by atoms with Crippen molar-refractivity contribution in [3.63, 3.8) is 0 Å². The van der Waals surface area contributed by atoms with E-state index in [2.05, 4.69) is 15.4 Å². The van der Waals surface area contributed by atoms with Crippen LogP contribution in [-0.4, -0.2) is 44.0 Å². The van der Waals surface area contributed by atoms with Gasteiger partial charge < -0.3 is 21.1 Å². The second-order valence-electron chi connectivity index (χ2n) is 4.31. The second-order valence-corrected chi connectivity index (χ2v) is 4.31. The molecule has 0 unspecified atom stereocenters. The topological polar surface area (TPSA) is 111 Å². The van der Waals surface area contributed by atoms with Crippen LogP contribution in [0.3, 0.4) is 0 Å². The lowest BCUT2D eigenvalue weighted by molar-refractivity contribution is -0.141. The van der Waals surface area contributed by atoms with Crippen molar-refractivity contribution in [3.05, 3.63) is 0 Å². The summed E-state index contributed by atoms with van der Waals surface area (Å²) in [6.45, 7) is 3.48. The van der Waals surface area contributed by atoms with Gasteiger partial charge in [0.2, 0.25) is 11.8 Å². The Morgan fingerprint density at radius 3 is 2.28 bits per heavy atom. The zero-order valence-corrected chi connectivity index (χ0v) is 11.0. The summed E-state index contributed by atoms with van der Waals surface area (Å²) in [6.07, 6.45) is 0.551. The van der Waals surface area contributed by atoms with E-state index in [0.717, 1.165) is 0 Å². The molecule has 0 aromatic heterocycles. The van der Waals surface area contributed by atoms with Crippen molar-refractivity contribution in [2.75, 3.05) is 20.2 Å². The normalized spacial score (nSPS) is 11.8. The second kappa shape index (κ2) is 8.46. The molecule has 0 rings (SSSR count). The van der Waals surface area contributed by atoms with Crippen LogP contribution in [0.15, 0.2) is 0 Å². The lowest BCUT2D eigenvalue weighted by Gasteiger charge is -2.13. The van der Waals surface area contributed by atoms with E-state index in [1.54, 1.807) is 0 Å². The molecule has 2 amide bonds. The third-order valence-electron chi connectivity index (χ3n) is 2.14. The summed E-state index contributed by atoms with van der Waals surface area (Å²) in [7, 11) is 1.22. The number of carbonyl (C=O) groups excluding carboxylic acids is 3. The summed E-state index contributed by atoms with van der Waals surface area (Å²) < 4.78 is 4.35. The first kappa shape index (κ1) is 16.4. The summed E-state index contributed by atoms with van der Waals surface area (Å²) in [6, 6.07) is -0.626. The highest BCUT2D eigenvalue weighted by Gasteiger charge is 2.15. The molecule has 0 saturated carbocycles. The van der Waals surface area contributed by atoms with Gasteiger partial charge in [-0.3, -0.25) is 14.4 Å². The Balaban J connectivity index is 3.84. The van der Waals surface area contributed by atoms with Gasteiger partial charge in [-0.1, -0.05) is 13.8 Å². The van der Waals surface area contributed by atoms with Crippen LogP contribution in [0.1, 0.15) is 20.3 Å². The minimum Gasteiger partial charge on any atom is -0.468 e. The Morgan fingerprint density at radius 1 is 1.17 bits per heavy atom. The first-order chi connectivity index (χ1) is 8.36. The van der Waals surface area contributed by atoms with Crippen molar-refractivity contribution in [1.29, 1.82) is 0 Å². The van der Waals surface area contributed by atoms with Crippen molar-refractivity contribution in [3.8, 4) is 0 Å². The van der Waals surface area contributed by atoms with Crippen LogP contribution in [0, 0.1) is 5.92 Å². The van der Waals surface area contributed by atoms with E-state index in [9.17, 15) is 14.4 Å². The Bertz CT molecular complexity index is 305. The monoisotopic (exact) mass is 259 g/mol. The van der Waals surface area contributed by atoms with Crippen LogP contribution >= 0.6 is 0 Å². The number of rotatable bonds is 7.